The van der Waals surface area contributed by atoms with Crippen molar-refractivity contribution < 1.29 is 4.42 Å². The molecule has 1 N–H and O–H groups in total. The van der Waals surface area contributed by atoms with E-state index in [0.29, 0.717) is 21.6 Å². The molecule has 0 amide bonds. The second-order valence-corrected chi connectivity index (χ2v) is 7.32. The monoisotopic (exact) mass is 413 g/mol. The first-order chi connectivity index (χ1) is 13.6. The SMILES string of the molecule is Cc1ccc(Nc2nnc(SCc3ccco3)n(-n3cccc3)c2=O)cc1Cl. The number of nitrogens with one attached hydrogen (secondary N) is 1. The van der Waals surface area contributed by atoms with Crippen LogP contribution >= 0.6 is 23.4 Å². The van der Waals surface area contributed by atoms with Gasteiger partial charge in [0.15, 0.2) is 0 Å². The quantitative estimate of drug-likeness (QED) is 0.474. The standard InChI is InChI=1S/C19H16ClN5O2S/c1-13-6-7-14(11-16(13)20)21-17-18(26)25(24-8-2-3-9-24)19(23-22-17)28-12-15-5-4-10-27-15/h2-11H,12H2,1H3,(H,21,22). The van der Waals surface area contributed by atoms with Crippen molar-refractivity contribution >= 4 is 34.9 Å². The highest BCUT2D eigenvalue weighted by Crippen LogP contribution is 2.23. The zero-order valence-electron chi connectivity index (χ0n) is 14.9. The Balaban J connectivity index is 1.69. The molecule has 3 heterocycles. The van der Waals surface area contributed by atoms with E-state index in [-0.39, 0.29) is 11.4 Å². The van der Waals surface area contributed by atoms with E-state index in [4.69, 9.17) is 16.0 Å². The maximum absolute atomic E-state index is 13.1. The molecule has 4 aromatic rings. The van der Waals surface area contributed by atoms with Crippen molar-refractivity contribution in [3.05, 3.63) is 87.8 Å². The molecule has 0 saturated heterocycles. The molecule has 0 atom stereocenters. The Morgan fingerprint density at radius 2 is 2.00 bits per heavy atom. The van der Waals surface area contributed by atoms with Gasteiger partial charge in [-0.1, -0.05) is 29.4 Å². The molecule has 1 aromatic carbocycles. The Hall–Kier alpha value is -2.97. The van der Waals surface area contributed by atoms with Crippen LogP contribution in [0.2, 0.25) is 5.02 Å². The first-order valence-corrected chi connectivity index (χ1v) is 9.80. The molecule has 9 heteroatoms. The van der Waals surface area contributed by atoms with Crippen LogP contribution in [-0.4, -0.2) is 19.5 Å². The average Bonchev–Trinajstić information content (AvgIpc) is 3.39. The van der Waals surface area contributed by atoms with Crippen molar-refractivity contribution in [3.8, 4) is 0 Å². The van der Waals surface area contributed by atoms with Crippen molar-refractivity contribution in [2.45, 2.75) is 17.8 Å². The van der Waals surface area contributed by atoms with Gasteiger partial charge in [0.05, 0.1) is 12.0 Å². The molecule has 142 valence electrons. The molecule has 0 aliphatic rings. The van der Waals surface area contributed by atoms with Gasteiger partial charge in [-0.05, 0) is 48.9 Å². The van der Waals surface area contributed by atoms with Crippen molar-refractivity contribution in [3.63, 3.8) is 0 Å². The summed E-state index contributed by atoms with van der Waals surface area (Å²) in [6.45, 7) is 1.91. The fraction of sp³-hybridized carbons (Fsp3) is 0.105. The van der Waals surface area contributed by atoms with Gasteiger partial charge in [-0.15, -0.1) is 10.2 Å². The molecule has 0 radical (unpaired) electrons. The lowest BCUT2D eigenvalue weighted by molar-refractivity contribution is 0.523. The number of aromatic nitrogens is 4. The van der Waals surface area contributed by atoms with Gasteiger partial charge in [0.25, 0.3) is 0 Å². The van der Waals surface area contributed by atoms with Gasteiger partial charge < -0.3 is 9.73 Å². The van der Waals surface area contributed by atoms with E-state index in [0.717, 1.165) is 11.3 Å². The molecule has 0 aliphatic carbocycles. The fourth-order valence-corrected chi connectivity index (χ4v) is 3.55. The first kappa shape index (κ1) is 18.4. The zero-order chi connectivity index (χ0) is 19.5. The maximum Gasteiger partial charge on any atom is 0.316 e. The highest BCUT2D eigenvalue weighted by Gasteiger charge is 2.15. The van der Waals surface area contributed by atoms with Gasteiger partial charge in [-0.2, -0.15) is 4.68 Å². The molecule has 7 nitrogen and oxygen atoms in total. The van der Waals surface area contributed by atoms with Crippen LogP contribution in [0, 0.1) is 6.92 Å². The van der Waals surface area contributed by atoms with E-state index in [1.807, 2.05) is 43.3 Å². The number of halogens is 1. The molecule has 0 fully saturated rings. The molecule has 0 saturated carbocycles. The smallest absolute Gasteiger partial charge is 0.316 e. The largest absolute Gasteiger partial charge is 0.468 e. The van der Waals surface area contributed by atoms with E-state index in [1.54, 1.807) is 29.4 Å². The van der Waals surface area contributed by atoms with Gasteiger partial charge in [0, 0.05) is 23.1 Å². The molecule has 4 rings (SSSR count). The third kappa shape index (κ3) is 3.83. The van der Waals surface area contributed by atoms with E-state index in [1.165, 1.54) is 16.4 Å². The van der Waals surface area contributed by atoms with Crippen LogP contribution in [0.3, 0.4) is 0 Å². The Morgan fingerprint density at radius 1 is 1.18 bits per heavy atom. The molecular formula is C19H16ClN5O2S. The van der Waals surface area contributed by atoms with Crippen molar-refractivity contribution in [1.29, 1.82) is 0 Å². The van der Waals surface area contributed by atoms with Crippen LogP contribution in [0.5, 0.6) is 0 Å². The second-order valence-electron chi connectivity index (χ2n) is 5.97. The van der Waals surface area contributed by atoms with Gasteiger partial charge in [0.2, 0.25) is 11.0 Å². The first-order valence-electron chi connectivity index (χ1n) is 8.43. The minimum absolute atomic E-state index is 0.107. The highest BCUT2D eigenvalue weighted by molar-refractivity contribution is 7.98. The molecule has 0 unspecified atom stereocenters. The van der Waals surface area contributed by atoms with E-state index >= 15 is 0 Å². The van der Waals surface area contributed by atoms with E-state index in [2.05, 4.69) is 15.5 Å². The van der Waals surface area contributed by atoms with E-state index in [9.17, 15) is 4.79 Å². The lowest BCUT2D eigenvalue weighted by Crippen LogP contribution is -2.30. The number of hydrogen-bond donors (Lipinski definition) is 1. The summed E-state index contributed by atoms with van der Waals surface area (Å²) in [5.74, 6) is 1.42. The summed E-state index contributed by atoms with van der Waals surface area (Å²) in [6.07, 6.45) is 5.15. The summed E-state index contributed by atoms with van der Waals surface area (Å²) in [5.41, 5.74) is 1.29. The number of thioether (sulfide) groups is 1. The second kappa shape index (κ2) is 7.95. The number of nitrogens with zero attached hydrogens (tertiary/aromatic N) is 4. The normalized spacial score (nSPS) is 10.9. The molecule has 0 aliphatic heterocycles. The van der Waals surface area contributed by atoms with Gasteiger partial charge >= 0.3 is 5.56 Å². The number of hydrogen-bond acceptors (Lipinski definition) is 6. The molecule has 28 heavy (non-hydrogen) atoms. The van der Waals surface area contributed by atoms with Crippen LogP contribution in [0.4, 0.5) is 11.5 Å². The van der Waals surface area contributed by atoms with Gasteiger partial charge in [-0.25, -0.2) is 0 Å². The summed E-state index contributed by atoms with van der Waals surface area (Å²) >= 11 is 7.53. The Kier molecular flexibility index (Phi) is 5.23. The highest BCUT2D eigenvalue weighted by atomic mass is 35.5. The topological polar surface area (TPSA) is 77.9 Å². The van der Waals surface area contributed by atoms with Crippen molar-refractivity contribution in [2.24, 2.45) is 0 Å². The molecule has 0 bridgehead atoms. The van der Waals surface area contributed by atoms with Crippen LogP contribution in [0.1, 0.15) is 11.3 Å². The van der Waals surface area contributed by atoms with Crippen LogP contribution in [0.15, 0.2) is 75.5 Å². The Bertz CT molecular complexity index is 1140. The maximum atomic E-state index is 13.1. The van der Waals surface area contributed by atoms with Crippen molar-refractivity contribution in [2.75, 3.05) is 5.32 Å². The minimum Gasteiger partial charge on any atom is -0.468 e. The van der Waals surface area contributed by atoms with Gasteiger partial charge in [0.1, 0.15) is 5.76 Å². The summed E-state index contributed by atoms with van der Waals surface area (Å²) in [7, 11) is 0. The minimum atomic E-state index is -0.329. The summed E-state index contributed by atoms with van der Waals surface area (Å²) in [5, 5.41) is 12.4. The third-order valence-corrected chi connectivity index (χ3v) is 5.34. The van der Waals surface area contributed by atoms with Crippen LogP contribution < -0.4 is 10.9 Å². The summed E-state index contributed by atoms with van der Waals surface area (Å²) < 4.78 is 8.47. The number of furan rings is 1. The third-order valence-electron chi connectivity index (χ3n) is 3.99. The summed E-state index contributed by atoms with van der Waals surface area (Å²) in [4.78, 5) is 13.1. The Morgan fingerprint density at radius 3 is 2.71 bits per heavy atom. The lowest BCUT2D eigenvalue weighted by Gasteiger charge is -2.13. The molecular weight excluding hydrogens is 398 g/mol. The Labute approximate surface area is 169 Å². The number of aryl methyl sites for hydroxylation is 1. The number of anilines is 2. The zero-order valence-corrected chi connectivity index (χ0v) is 16.4. The number of rotatable bonds is 6. The molecule has 0 spiro atoms. The van der Waals surface area contributed by atoms with Crippen LogP contribution in [-0.2, 0) is 5.75 Å². The van der Waals surface area contributed by atoms with Crippen molar-refractivity contribution in [1.82, 2.24) is 19.5 Å². The average molecular weight is 414 g/mol. The lowest BCUT2D eigenvalue weighted by atomic mass is 10.2. The van der Waals surface area contributed by atoms with E-state index < -0.39 is 0 Å². The van der Waals surface area contributed by atoms with Gasteiger partial charge in [-0.3, -0.25) is 9.47 Å². The number of benzene rings is 1. The predicted molar refractivity (Wildman–Crippen MR) is 109 cm³/mol. The summed E-state index contributed by atoms with van der Waals surface area (Å²) in [6, 6.07) is 12.8. The fourth-order valence-electron chi connectivity index (χ4n) is 2.53. The molecule has 3 aromatic heterocycles. The van der Waals surface area contributed by atoms with Crippen LogP contribution in [0.25, 0.3) is 0 Å². The predicted octanol–water partition coefficient (Wildman–Crippen LogP) is 4.34.